The number of amides is 1. The molecule has 1 saturated heterocycles. The van der Waals surface area contributed by atoms with E-state index in [1.54, 1.807) is 20.3 Å². The van der Waals surface area contributed by atoms with Crippen LogP contribution in [0.1, 0.15) is 48.0 Å². The molecule has 37 heavy (non-hydrogen) atoms. The molecule has 1 amide bonds. The van der Waals surface area contributed by atoms with Crippen molar-refractivity contribution in [2.75, 3.05) is 46.7 Å². The summed E-state index contributed by atoms with van der Waals surface area (Å²) in [5.74, 6) is 0.947. The van der Waals surface area contributed by atoms with Crippen molar-refractivity contribution >= 4 is 23.2 Å². The summed E-state index contributed by atoms with van der Waals surface area (Å²) in [5.41, 5.74) is 6.57. The molecule has 8 nitrogen and oxygen atoms in total. The number of nitrogens with two attached hydrogens (primary N) is 1. The summed E-state index contributed by atoms with van der Waals surface area (Å²) in [4.78, 5) is 15.5. The number of carbonyl (C=O) groups excluding carboxylic acids is 1. The Hall–Kier alpha value is -2.52. The molecule has 0 radical (unpaired) electrons. The molecule has 1 saturated carbocycles. The number of methoxy groups -OCH3 is 3. The fourth-order valence-electron chi connectivity index (χ4n) is 5.77. The molecule has 9 heteroatoms. The third-order valence-corrected chi connectivity index (χ3v) is 8.24. The molecule has 2 aromatic carbocycles. The topological polar surface area (TPSA) is 106 Å². The molecule has 4 atom stereocenters. The predicted molar refractivity (Wildman–Crippen MR) is 144 cm³/mol. The van der Waals surface area contributed by atoms with Gasteiger partial charge in [-0.2, -0.15) is 0 Å². The number of nitrogens with zero attached hydrogens (tertiary/aromatic N) is 1. The van der Waals surface area contributed by atoms with Gasteiger partial charge in [0.1, 0.15) is 11.5 Å². The quantitative estimate of drug-likeness (QED) is 0.444. The summed E-state index contributed by atoms with van der Waals surface area (Å²) < 4.78 is 16.6. The van der Waals surface area contributed by atoms with Gasteiger partial charge in [-0.15, -0.1) is 0 Å². The first kappa shape index (κ1) is 27.5. The van der Waals surface area contributed by atoms with Crippen molar-refractivity contribution in [3.05, 3.63) is 52.5 Å². The summed E-state index contributed by atoms with van der Waals surface area (Å²) in [7, 11) is 4.81. The predicted octanol–water partition coefficient (Wildman–Crippen LogP) is 3.84. The fourth-order valence-corrected chi connectivity index (χ4v) is 5.93. The van der Waals surface area contributed by atoms with E-state index < -0.39 is 5.60 Å². The van der Waals surface area contributed by atoms with Crippen molar-refractivity contribution in [2.45, 2.75) is 49.9 Å². The van der Waals surface area contributed by atoms with Crippen molar-refractivity contribution in [1.29, 1.82) is 0 Å². The van der Waals surface area contributed by atoms with Crippen LogP contribution in [0, 0.1) is 5.92 Å². The van der Waals surface area contributed by atoms with E-state index in [0.29, 0.717) is 28.6 Å². The number of benzene rings is 2. The second-order valence-electron chi connectivity index (χ2n) is 10.1. The van der Waals surface area contributed by atoms with Gasteiger partial charge in [0.25, 0.3) is 5.91 Å². The average molecular weight is 532 g/mol. The van der Waals surface area contributed by atoms with Crippen LogP contribution in [0.15, 0.2) is 36.4 Å². The summed E-state index contributed by atoms with van der Waals surface area (Å²) >= 11 is 6.16. The third-order valence-electron chi connectivity index (χ3n) is 7.91. The van der Waals surface area contributed by atoms with E-state index in [4.69, 9.17) is 31.5 Å². The van der Waals surface area contributed by atoms with Gasteiger partial charge in [-0.05, 0) is 43.0 Å². The van der Waals surface area contributed by atoms with Crippen LogP contribution in [-0.2, 0) is 10.3 Å². The number of rotatable bonds is 8. The smallest absolute Gasteiger partial charge is 0.255 e. The van der Waals surface area contributed by atoms with Gasteiger partial charge >= 0.3 is 0 Å². The number of halogens is 1. The fraction of sp³-hybridized carbons (Fsp3) is 0.536. The monoisotopic (exact) mass is 531 g/mol. The Labute approximate surface area is 224 Å². The Bertz CT molecular complexity index is 1100. The molecule has 4 N–H and O–H groups in total. The second-order valence-corrected chi connectivity index (χ2v) is 10.5. The standard InChI is InChI=1S/C28H38ClN3O5/c1-35-20-9-6-8-18(13-20)28(34)11-5-4-7-19(28)16-32-12-10-24(26(17-32)37-3)31-27(33)21-14-22(29)23(30)15-25(21)36-2/h6,8-9,13-15,19,24,26,34H,4-5,7,10-12,16-17,30H2,1-3H3,(H,31,33)/t19-,24+,26-,28+/m0/s1. The molecule has 202 valence electrons. The van der Waals surface area contributed by atoms with E-state index in [0.717, 1.165) is 56.5 Å². The van der Waals surface area contributed by atoms with Gasteiger partial charge in [-0.25, -0.2) is 0 Å². The number of anilines is 1. The van der Waals surface area contributed by atoms with Crippen LogP contribution >= 0.6 is 11.6 Å². The van der Waals surface area contributed by atoms with E-state index in [1.165, 1.54) is 13.2 Å². The van der Waals surface area contributed by atoms with E-state index in [1.807, 2.05) is 24.3 Å². The van der Waals surface area contributed by atoms with Crippen LogP contribution in [0.5, 0.6) is 11.5 Å². The zero-order valence-corrected chi connectivity index (χ0v) is 22.6. The molecule has 0 aromatic heterocycles. The number of aliphatic hydroxyl groups is 1. The lowest BCUT2D eigenvalue weighted by Crippen LogP contribution is -2.56. The minimum atomic E-state index is -0.897. The van der Waals surface area contributed by atoms with Crippen LogP contribution in [0.4, 0.5) is 5.69 Å². The Balaban J connectivity index is 1.43. The summed E-state index contributed by atoms with van der Waals surface area (Å²) in [6.45, 7) is 2.20. The highest BCUT2D eigenvalue weighted by Gasteiger charge is 2.42. The van der Waals surface area contributed by atoms with Crippen LogP contribution in [0.2, 0.25) is 5.02 Å². The van der Waals surface area contributed by atoms with E-state index in [2.05, 4.69) is 10.2 Å². The van der Waals surface area contributed by atoms with Gasteiger partial charge in [0.05, 0.1) is 48.2 Å². The Morgan fingerprint density at radius 3 is 2.73 bits per heavy atom. The molecule has 4 rings (SSSR count). The molecular formula is C28H38ClN3O5. The van der Waals surface area contributed by atoms with E-state index in [-0.39, 0.29) is 24.0 Å². The summed E-state index contributed by atoms with van der Waals surface area (Å²) in [5, 5.41) is 15.3. The highest BCUT2D eigenvalue weighted by molar-refractivity contribution is 6.33. The van der Waals surface area contributed by atoms with Crippen LogP contribution < -0.4 is 20.5 Å². The molecular weight excluding hydrogens is 494 g/mol. The number of hydrogen-bond acceptors (Lipinski definition) is 7. The van der Waals surface area contributed by atoms with Gasteiger partial charge < -0.3 is 35.3 Å². The lowest BCUT2D eigenvalue weighted by molar-refractivity contribution is -0.0760. The lowest BCUT2D eigenvalue weighted by atomic mass is 9.71. The van der Waals surface area contributed by atoms with Crippen molar-refractivity contribution in [3.8, 4) is 11.5 Å². The SMILES string of the molecule is COc1cccc([C@]2(O)CCCC[C@H]2CN2CC[C@@H](NC(=O)c3cc(Cl)c(N)cc3OC)[C@@H](OC)C2)c1. The van der Waals surface area contributed by atoms with Crippen molar-refractivity contribution in [3.63, 3.8) is 0 Å². The normalized spacial score (nSPS) is 26.5. The zero-order valence-electron chi connectivity index (χ0n) is 21.8. The second kappa shape index (κ2) is 11.9. The highest BCUT2D eigenvalue weighted by Crippen LogP contribution is 2.43. The number of hydrogen-bond donors (Lipinski definition) is 3. The number of nitrogen functional groups attached to an aromatic ring is 1. The van der Waals surface area contributed by atoms with E-state index >= 15 is 0 Å². The first-order valence-corrected chi connectivity index (χ1v) is 13.2. The zero-order chi connectivity index (χ0) is 26.6. The minimum Gasteiger partial charge on any atom is -0.497 e. The van der Waals surface area contributed by atoms with Gasteiger partial charge in [-0.1, -0.05) is 36.6 Å². The number of carbonyl (C=O) groups is 1. The first-order valence-electron chi connectivity index (χ1n) is 12.8. The minimum absolute atomic E-state index is 0.0955. The molecule has 1 aliphatic heterocycles. The Kier molecular flexibility index (Phi) is 8.85. The Morgan fingerprint density at radius 1 is 1.19 bits per heavy atom. The highest BCUT2D eigenvalue weighted by atomic mass is 35.5. The Morgan fingerprint density at radius 2 is 2.00 bits per heavy atom. The van der Waals surface area contributed by atoms with Gasteiger partial charge in [0.2, 0.25) is 0 Å². The number of likely N-dealkylation sites (tertiary alicyclic amines) is 1. The van der Waals surface area contributed by atoms with Crippen molar-refractivity contribution in [2.24, 2.45) is 5.92 Å². The molecule has 1 aliphatic carbocycles. The molecule has 2 fully saturated rings. The van der Waals surface area contributed by atoms with E-state index in [9.17, 15) is 9.90 Å². The largest absolute Gasteiger partial charge is 0.497 e. The number of piperidine rings is 1. The third kappa shape index (κ3) is 5.98. The molecule has 0 bridgehead atoms. The molecule has 1 heterocycles. The number of nitrogens with one attached hydrogen (secondary N) is 1. The first-order chi connectivity index (χ1) is 17.8. The average Bonchev–Trinajstić information content (AvgIpc) is 2.92. The van der Waals surface area contributed by atoms with Crippen LogP contribution in [0.25, 0.3) is 0 Å². The summed E-state index contributed by atoms with van der Waals surface area (Å²) in [6.07, 6.45) is 4.32. The number of ether oxygens (including phenoxy) is 3. The molecule has 0 spiro atoms. The summed E-state index contributed by atoms with van der Waals surface area (Å²) in [6, 6.07) is 10.7. The van der Waals surface area contributed by atoms with Crippen molar-refractivity contribution in [1.82, 2.24) is 10.2 Å². The van der Waals surface area contributed by atoms with Gasteiger partial charge in [-0.3, -0.25) is 4.79 Å². The van der Waals surface area contributed by atoms with Crippen LogP contribution in [-0.4, -0.2) is 69.0 Å². The van der Waals surface area contributed by atoms with Gasteiger partial charge in [0.15, 0.2) is 0 Å². The molecule has 0 unspecified atom stereocenters. The maximum absolute atomic E-state index is 13.1. The lowest BCUT2D eigenvalue weighted by Gasteiger charge is -2.45. The van der Waals surface area contributed by atoms with Crippen LogP contribution in [0.3, 0.4) is 0 Å². The maximum atomic E-state index is 13.1. The molecule has 2 aromatic rings. The maximum Gasteiger partial charge on any atom is 0.255 e. The van der Waals surface area contributed by atoms with Gasteiger partial charge in [0, 0.05) is 38.7 Å². The molecule has 2 aliphatic rings. The van der Waals surface area contributed by atoms with Crippen molar-refractivity contribution < 1.29 is 24.1 Å².